The second-order valence-corrected chi connectivity index (χ2v) is 6.86. The van der Waals surface area contributed by atoms with E-state index in [4.69, 9.17) is 11.6 Å². The highest BCUT2D eigenvalue weighted by Crippen LogP contribution is 2.29. The van der Waals surface area contributed by atoms with Crippen molar-refractivity contribution in [3.05, 3.63) is 45.4 Å². The van der Waals surface area contributed by atoms with Gasteiger partial charge in [-0.1, -0.05) is 17.7 Å². The summed E-state index contributed by atoms with van der Waals surface area (Å²) in [7, 11) is 0. The number of carbonyl (C=O) groups is 2. The molecule has 0 unspecified atom stereocenters. The molecule has 1 aromatic carbocycles. The van der Waals surface area contributed by atoms with Crippen LogP contribution >= 0.6 is 22.9 Å². The molecule has 1 aromatic heterocycles. The molecule has 1 aliphatic carbocycles. The summed E-state index contributed by atoms with van der Waals surface area (Å²) in [4.78, 5) is 29.6. The Morgan fingerprint density at radius 3 is 2.87 bits per heavy atom. The van der Waals surface area contributed by atoms with E-state index in [9.17, 15) is 9.59 Å². The maximum atomic E-state index is 12.0. The maximum absolute atomic E-state index is 12.0. The fourth-order valence-electron chi connectivity index (χ4n) is 2.46. The minimum Gasteiger partial charge on any atom is -0.343 e. The summed E-state index contributed by atoms with van der Waals surface area (Å²) < 4.78 is 0. The molecule has 2 amide bonds. The van der Waals surface area contributed by atoms with Crippen molar-refractivity contribution >= 4 is 39.9 Å². The molecule has 0 aliphatic heterocycles. The average Bonchev–Trinajstić information content (AvgIpc) is 2.94. The molecule has 120 valence electrons. The zero-order valence-electron chi connectivity index (χ0n) is 12.4. The molecular formula is C16H16ClN3O2S. The van der Waals surface area contributed by atoms with Crippen molar-refractivity contribution in [3.8, 4) is 0 Å². The molecule has 1 heterocycles. The molecule has 0 atom stereocenters. The quantitative estimate of drug-likeness (QED) is 0.891. The third-order valence-corrected chi connectivity index (χ3v) is 4.90. The molecule has 2 aromatic rings. The Bertz CT molecular complexity index is 721. The highest BCUT2D eigenvalue weighted by atomic mass is 35.5. The highest BCUT2D eigenvalue weighted by Gasteiger charge is 2.16. The van der Waals surface area contributed by atoms with E-state index in [1.54, 1.807) is 24.3 Å². The van der Waals surface area contributed by atoms with Gasteiger partial charge in [-0.15, -0.1) is 11.3 Å². The van der Waals surface area contributed by atoms with Gasteiger partial charge in [0.1, 0.15) is 0 Å². The molecule has 0 bridgehead atoms. The number of anilines is 1. The van der Waals surface area contributed by atoms with Crippen molar-refractivity contribution < 1.29 is 9.59 Å². The Hall–Kier alpha value is -1.92. The van der Waals surface area contributed by atoms with E-state index in [1.165, 1.54) is 22.6 Å². The van der Waals surface area contributed by atoms with Gasteiger partial charge in [-0.2, -0.15) is 0 Å². The number of thiazole rings is 1. The molecule has 0 saturated carbocycles. The van der Waals surface area contributed by atoms with E-state index in [1.807, 2.05) is 0 Å². The molecule has 1 aliphatic rings. The first-order valence-electron chi connectivity index (χ1n) is 7.44. The Morgan fingerprint density at radius 1 is 1.26 bits per heavy atom. The summed E-state index contributed by atoms with van der Waals surface area (Å²) in [5, 5.41) is 6.41. The molecular weight excluding hydrogens is 334 g/mol. The summed E-state index contributed by atoms with van der Waals surface area (Å²) in [5.41, 5.74) is 1.52. The van der Waals surface area contributed by atoms with Crippen molar-refractivity contribution in [3.63, 3.8) is 0 Å². The van der Waals surface area contributed by atoms with Crippen LogP contribution in [-0.4, -0.2) is 23.3 Å². The van der Waals surface area contributed by atoms with Gasteiger partial charge < -0.3 is 10.6 Å². The topological polar surface area (TPSA) is 71.1 Å². The van der Waals surface area contributed by atoms with Crippen LogP contribution in [0.4, 0.5) is 5.13 Å². The Morgan fingerprint density at radius 2 is 2.09 bits per heavy atom. The van der Waals surface area contributed by atoms with Gasteiger partial charge in [-0.3, -0.25) is 9.59 Å². The van der Waals surface area contributed by atoms with Crippen LogP contribution in [0, 0.1) is 0 Å². The van der Waals surface area contributed by atoms with Crippen LogP contribution in [0.1, 0.15) is 33.8 Å². The van der Waals surface area contributed by atoms with Crippen LogP contribution in [0.25, 0.3) is 0 Å². The second kappa shape index (κ2) is 7.10. The first-order chi connectivity index (χ1) is 11.1. The van der Waals surface area contributed by atoms with Gasteiger partial charge in [0.25, 0.3) is 5.91 Å². The lowest BCUT2D eigenvalue weighted by atomic mass is 10.0. The molecule has 3 rings (SSSR count). The van der Waals surface area contributed by atoms with Crippen molar-refractivity contribution in [2.24, 2.45) is 0 Å². The molecule has 0 fully saturated rings. The number of aromatic nitrogens is 1. The number of hydrogen-bond acceptors (Lipinski definition) is 4. The third kappa shape index (κ3) is 4.09. The maximum Gasteiger partial charge on any atom is 0.251 e. The number of amides is 2. The SMILES string of the molecule is O=C(CNC(=O)c1cccc(Cl)c1)Nc1nc2c(s1)CCCC2. The fraction of sp³-hybridized carbons (Fsp3) is 0.312. The zero-order valence-corrected chi connectivity index (χ0v) is 14.0. The number of fused-ring (bicyclic) bond motifs is 1. The molecule has 23 heavy (non-hydrogen) atoms. The van der Waals surface area contributed by atoms with Gasteiger partial charge in [0.05, 0.1) is 12.2 Å². The number of rotatable bonds is 4. The average molecular weight is 350 g/mol. The van der Waals surface area contributed by atoms with E-state index in [0.29, 0.717) is 15.7 Å². The third-order valence-electron chi connectivity index (χ3n) is 3.59. The number of aryl methyl sites for hydroxylation is 2. The first kappa shape index (κ1) is 16.0. The Labute approximate surface area is 143 Å². The molecule has 2 N–H and O–H groups in total. The summed E-state index contributed by atoms with van der Waals surface area (Å²) in [5.74, 6) is -0.618. The van der Waals surface area contributed by atoms with Gasteiger partial charge in [-0.25, -0.2) is 4.98 Å². The minimum atomic E-state index is -0.332. The fourth-order valence-corrected chi connectivity index (χ4v) is 3.72. The first-order valence-corrected chi connectivity index (χ1v) is 8.63. The van der Waals surface area contributed by atoms with Crippen LogP contribution in [0.3, 0.4) is 0 Å². The number of carbonyl (C=O) groups excluding carboxylic acids is 2. The lowest BCUT2D eigenvalue weighted by Crippen LogP contribution is -2.32. The number of nitrogens with zero attached hydrogens (tertiary/aromatic N) is 1. The van der Waals surface area contributed by atoms with E-state index in [-0.39, 0.29) is 18.4 Å². The monoisotopic (exact) mass is 349 g/mol. The number of hydrogen-bond donors (Lipinski definition) is 2. The highest BCUT2D eigenvalue weighted by molar-refractivity contribution is 7.15. The minimum absolute atomic E-state index is 0.102. The van der Waals surface area contributed by atoms with E-state index in [2.05, 4.69) is 15.6 Å². The summed E-state index contributed by atoms with van der Waals surface area (Å²) in [6.45, 7) is -0.102. The zero-order chi connectivity index (χ0) is 16.2. The predicted molar refractivity (Wildman–Crippen MR) is 91.2 cm³/mol. The predicted octanol–water partition coefficient (Wildman–Crippen LogP) is 3.04. The lowest BCUT2D eigenvalue weighted by Gasteiger charge is -2.06. The van der Waals surface area contributed by atoms with Crippen LogP contribution in [0.5, 0.6) is 0 Å². The molecule has 5 nitrogen and oxygen atoms in total. The standard InChI is InChI=1S/C16H16ClN3O2S/c17-11-5-3-4-10(8-11)15(22)18-9-14(21)20-16-19-12-6-1-2-7-13(12)23-16/h3-5,8H,1-2,6-7,9H2,(H,18,22)(H,19,20,21). The van der Waals surface area contributed by atoms with Crippen LogP contribution in [0.2, 0.25) is 5.02 Å². The van der Waals surface area contributed by atoms with E-state index < -0.39 is 0 Å². The number of nitrogens with one attached hydrogen (secondary N) is 2. The molecule has 0 saturated heterocycles. The molecule has 0 radical (unpaired) electrons. The summed E-state index contributed by atoms with van der Waals surface area (Å²) in [6.07, 6.45) is 4.35. The van der Waals surface area contributed by atoms with Gasteiger partial charge >= 0.3 is 0 Å². The van der Waals surface area contributed by atoms with E-state index in [0.717, 1.165) is 25.0 Å². The van der Waals surface area contributed by atoms with Crippen molar-refractivity contribution in [1.29, 1.82) is 0 Å². The van der Waals surface area contributed by atoms with Crippen LogP contribution in [0.15, 0.2) is 24.3 Å². The van der Waals surface area contributed by atoms with Crippen molar-refractivity contribution in [1.82, 2.24) is 10.3 Å². The van der Waals surface area contributed by atoms with Crippen LogP contribution < -0.4 is 10.6 Å². The van der Waals surface area contributed by atoms with Gasteiger partial charge in [0.15, 0.2) is 5.13 Å². The largest absolute Gasteiger partial charge is 0.343 e. The van der Waals surface area contributed by atoms with Gasteiger partial charge in [-0.05, 0) is 43.9 Å². The lowest BCUT2D eigenvalue weighted by molar-refractivity contribution is -0.115. The smallest absolute Gasteiger partial charge is 0.251 e. The molecule has 7 heteroatoms. The number of benzene rings is 1. The molecule has 0 spiro atoms. The number of halogens is 1. The summed E-state index contributed by atoms with van der Waals surface area (Å²) >= 11 is 7.37. The normalized spacial score (nSPS) is 13.3. The van der Waals surface area contributed by atoms with Crippen LogP contribution in [-0.2, 0) is 17.6 Å². The Balaban J connectivity index is 1.53. The van der Waals surface area contributed by atoms with E-state index >= 15 is 0 Å². The van der Waals surface area contributed by atoms with Gasteiger partial charge in [0, 0.05) is 15.5 Å². The second-order valence-electron chi connectivity index (χ2n) is 5.34. The van der Waals surface area contributed by atoms with Gasteiger partial charge in [0.2, 0.25) is 5.91 Å². The van der Waals surface area contributed by atoms with Crippen molar-refractivity contribution in [2.45, 2.75) is 25.7 Å². The summed E-state index contributed by atoms with van der Waals surface area (Å²) in [6, 6.07) is 6.59. The van der Waals surface area contributed by atoms with Crippen molar-refractivity contribution in [2.75, 3.05) is 11.9 Å². The Kier molecular flexibility index (Phi) is 4.93.